The number of amides is 1. The largest absolute Gasteiger partial charge is 0.449 e. The number of carbonyl (C=O) groups is 2. The Balaban J connectivity index is 1.46. The first-order valence-corrected chi connectivity index (χ1v) is 8.68. The number of esters is 1. The Kier molecular flexibility index (Phi) is 4.34. The van der Waals surface area contributed by atoms with Crippen molar-refractivity contribution in [1.29, 1.82) is 0 Å². The lowest BCUT2D eigenvalue weighted by Gasteiger charge is -2.13. The van der Waals surface area contributed by atoms with Crippen LogP contribution in [0.15, 0.2) is 72.9 Å². The Labute approximate surface area is 156 Å². The minimum absolute atomic E-state index is 0.376. The lowest BCUT2D eigenvalue weighted by Crippen LogP contribution is -2.29. The average molecular weight is 358 g/mol. The molecule has 4 aromatic rings. The zero-order valence-corrected chi connectivity index (χ0v) is 14.7. The van der Waals surface area contributed by atoms with Gasteiger partial charge in [-0.25, -0.2) is 4.79 Å². The molecule has 1 atom stereocenters. The second-order valence-electron chi connectivity index (χ2n) is 6.35. The maximum Gasteiger partial charge on any atom is 0.341 e. The van der Waals surface area contributed by atoms with Crippen LogP contribution in [0.3, 0.4) is 0 Å². The van der Waals surface area contributed by atoms with Gasteiger partial charge in [0.2, 0.25) is 0 Å². The lowest BCUT2D eigenvalue weighted by molar-refractivity contribution is -0.123. The summed E-state index contributed by atoms with van der Waals surface area (Å²) in [5.41, 5.74) is 1.92. The van der Waals surface area contributed by atoms with Gasteiger partial charge in [0, 0.05) is 22.8 Å². The van der Waals surface area contributed by atoms with Crippen molar-refractivity contribution in [3.63, 3.8) is 0 Å². The molecule has 5 heteroatoms. The number of rotatable bonds is 4. The molecule has 2 N–H and O–H groups in total. The van der Waals surface area contributed by atoms with Gasteiger partial charge in [0.05, 0.1) is 5.56 Å². The van der Waals surface area contributed by atoms with Crippen molar-refractivity contribution in [3.8, 4) is 0 Å². The molecule has 1 aromatic heterocycles. The van der Waals surface area contributed by atoms with Crippen LogP contribution in [0.1, 0.15) is 17.3 Å². The van der Waals surface area contributed by atoms with Crippen LogP contribution >= 0.6 is 0 Å². The van der Waals surface area contributed by atoms with Gasteiger partial charge in [0.25, 0.3) is 5.91 Å². The summed E-state index contributed by atoms with van der Waals surface area (Å²) in [6, 6.07) is 21.0. The smallest absolute Gasteiger partial charge is 0.341 e. The number of hydrogen-bond donors (Lipinski definition) is 2. The van der Waals surface area contributed by atoms with E-state index in [0.717, 1.165) is 21.7 Å². The third kappa shape index (κ3) is 3.40. The normalized spacial score (nSPS) is 12.0. The maximum absolute atomic E-state index is 12.4. The van der Waals surface area contributed by atoms with E-state index in [1.807, 2.05) is 66.7 Å². The summed E-state index contributed by atoms with van der Waals surface area (Å²) in [6.07, 6.45) is 0.679. The molecule has 1 amide bonds. The molecule has 0 saturated carbocycles. The van der Waals surface area contributed by atoms with Gasteiger partial charge in [-0.05, 0) is 35.9 Å². The first kappa shape index (κ1) is 16.8. The molecule has 0 spiro atoms. The number of fused-ring (bicyclic) bond motifs is 2. The van der Waals surface area contributed by atoms with Gasteiger partial charge in [-0.2, -0.15) is 0 Å². The number of carbonyl (C=O) groups excluding carboxylic acids is 2. The highest BCUT2D eigenvalue weighted by molar-refractivity contribution is 6.05. The van der Waals surface area contributed by atoms with E-state index < -0.39 is 12.1 Å². The Morgan fingerprint density at radius 1 is 0.963 bits per heavy atom. The van der Waals surface area contributed by atoms with Crippen LogP contribution in [-0.2, 0) is 9.53 Å². The van der Waals surface area contributed by atoms with Crippen LogP contribution in [0.2, 0.25) is 0 Å². The molecule has 1 heterocycles. The van der Waals surface area contributed by atoms with Crippen LogP contribution in [0.4, 0.5) is 5.69 Å². The highest BCUT2D eigenvalue weighted by Crippen LogP contribution is 2.21. The second kappa shape index (κ2) is 6.96. The maximum atomic E-state index is 12.4. The van der Waals surface area contributed by atoms with E-state index in [-0.39, 0.29) is 5.91 Å². The molecule has 0 fully saturated rings. The van der Waals surface area contributed by atoms with Gasteiger partial charge < -0.3 is 15.0 Å². The quantitative estimate of drug-likeness (QED) is 0.528. The third-order valence-electron chi connectivity index (χ3n) is 4.48. The Bertz CT molecular complexity index is 1150. The van der Waals surface area contributed by atoms with Crippen molar-refractivity contribution < 1.29 is 14.3 Å². The SMILES string of the molecule is C[C@@H](OC(=O)c1c[nH]c2ccccc12)C(=O)Nc1ccc2ccccc2c1. The molecule has 5 nitrogen and oxygen atoms in total. The predicted octanol–water partition coefficient (Wildman–Crippen LogP) is 4.51. The van der Waals surface area contributed by atoms with Crippen molar-refractivity contribution in [1.82, 2.24) is 4.98 Å². The summed E-state index contributed by atoms with van der Waals surface area (Å²) < 4.78 is 5.35. The average Bonchev–Trinajstić information content (AvgIpc) is 3.12. The highest BCUT2D eigenvalue weighted by Gasteiger charge is 2.21. The molecule has 0 bridgehead atoms. The summed E-state index contributed by atoms with van der Waals surface area (Å²) in [6.45, 7) is 1.56. The zero-order valence-electron chi connectivity index (χ0n) is 14.7. The van der Waals surface area contributed by atoms with E-state index in [4.69, 9.17) is 4.74 Å². The van der Waals surface area contributed by atoms with E-state index >= 15 is 0 Å². The van der Waals surface area contributed by atoms with Crippen LogP contribution in [0.5, 0.6) is 0 Å². The second-order valence-corrected chi connectivity index (χ2v) is 6.35. The van der Waals surface area contributed by atoms with Crippen LogP contribution < -0.4 is 5.32 Å². The van der Waals surface area contributed by atoms with Gasteiger partial charge in [-0.15, -0.1) is 0 Å². The summed E-state index contributed by atoms with van der Waals surface area (Å²) in [7, 11) is 0. The van der Waals surface area contributed by atoms with Crippen molar-refractivity contribution in [2.24, 2.45) is 0 Å². The van der Waals surface area contributed by atoms with Crippen LogP contribution in [0, 0.1) is 0 Å². The molecule has 134 valence electrons. The molecule has 27 heavy (non-hydrogen) atoms. The number of aromatic nitrogens is 1. The molecule has 4 rings (SSSR count). The van der Waals surface area contributed by atoms with Crippen LogP contribution in [-0.4, -0.2) is 23.0 Å². The summed E-state index contributed by atoms with van der Waals surface area (Å²) in [5.74, 6) is -0.910. The summed E-state index contributed by atoms with van der Waals surface area (Å²) >= 11 is 0. The monoisotopic (exact) mass is 358 g/mol. The molecule has 0 saturated heterocycles. The first-order chi connectivity index (χ1) is 13.1. The number of H-pyrrole nitrogens is 1. The van der Waals surface area contributed by atoms with Gasteiger partial charge in [-0.3, -0.25) is 4.79 Å². The topological polar surface area (TPSA) is 71.2 Å². The van der Waals surface area contributed by atoms with Gasteiger partial charge >= 0.3 is 5.97 Å². The number of nitrogens with one attached hydrogen (secondary N) is 2. The number of aromatic amines is 1. The fourth-order valence-electron chi connectivity index (χ4n) is 3.03. The van der Waals surface area contributed by atoms with Crippen molar-refractivity contribution in [2.45, 2.75) is 13.0 Å². The minimum Gasteiger partial charge on any atom is -0.449 e. The fourth-order valence-corrected chi connectivity index (χ4v) is 3.03. The van der Waals surface area contributed by atoms with E-state index in [0.29, 0.717) is 11.3 Å². The Morgan fingerprint density at radius 2 is 1.70 bits per heavy atom. The number of para-hydroxylation sites is 1. The minimum atomic E-state index is -0.919. The molecule has 3 aromatic carbocycles. The fraction of sp³-hybridized carbons (Fsp3) is 0.0909. The third-order valence-corrected chi connectivity index (χ3v) is 4.48. The number of ether oxygens (including phenoxy) is 1. The first-order valence-electron chi connectivity index (χ1n) is 8.68. The van der Waals surface area contributed by atoms with Gasteiger partial charge in [-0.1, -0.05) is 48.5 Å². The zero-order chi connectivity index (χ0) is 18.8. The van der Waals surface area contributed by atoms with Crippen LogP contribution in [0.25, 0.3) is 21.7 Å². The number of benzene rings is 3. The Hall–Kier alpha value is -3.60. The standard InChI is InChI=1S/C22H18N2O3/c1-14(27-22(26)19-13-23-20-9-5-4-8-18(19)20)21(25)24-17-11-10-15-6-2-3-7-16(15)12-17/h2-14,23H,1H3,(H,24,25)/t14-/m1/s1. The molecular formula is C22H18N2O3. The number of hydrogen-bond acceptors (Lipinski definition) is 3. The molecule has 0 unspecified atom stereocenters. The molecule has 0 aliphatic carbocycles. The van der Waals surface area contributed by atoms with Gasteiger partial charge in [0.15, 0.2) is 6.10 Å². The Morgan fingerprint density at radius 3 is 2.56 bits per heavy atom. The molecular weight excluding hydrogens is 340 g/mol. The van der Waals surface area contributed by atoms with E-state index in [2.05, 4.69) is 10.3 Å². The highest BCUT2D eigenvalue weighted by atomic mass is 16.5. The van der Waals surface area contributed by atoms with Crippen molar-refractivity contribution in [2.75, 3.05) is 5.32 Å². The molecule has 0 aliphatic heterocycles. The molecule has 0 radical (unpaired) electrons. The van der Waals surface area contributed by atoms with Crippen molar-refractivity contribution >= 4 is 39.2 Å². The summed E-state index contributed by atoms with van der Waals surface area (Å²) in [5, 5.41) is 5.68. The lowest BCUT2D eigenvalue weighted by atomic mass is 10.1. The van der Waals surface area contributed by atoms with E-state index in [9.17, 15) is 9.59 Å². The van der Waals surface area contributed by atoms with E-state index in [1.54, 1.807) is 13.1 Å². The summed E-state index contributed by atoms with van der Waals surface area (Å²) in [4.78, 5) is 27.9. The van der Waals surface area contributed by atoms with Gasteiger partial charge in [0.1, 0.15) is 0 Å². The van der Waals surface area contributed by atoms with E-state index in [1.165, 1.54) is 0 Å². The number of anilines is 1. The van der Waals surface area contributed by atoms with Crippen molar-refractivity contribution in [3.05, 3.63) is 78.5 Å². The molecule has 0 aliphatic rings. The predicted molar refractivity (Wildman–Crippen MR) is 106 cm³/mol.